The van der Waals surface area contributed by atoms with Crippen LogP contribution in [0.1, 0.15) is 45.2 Å². The Bertz CT molecular complexity index is 1140. The van der Waals surface area contributed by atoms with E-state index in [0.29, 0.717) is 34.4 Å². The lowest BCUT2D eigenvalue weighted by atomic mass is 10.1. The minimum atomic E-state index is -0.152. The molecule has 0 spiro atoms. The van der Waals surface area contributed by atoms with Gasteiger partial charge in [0.05, 0.1) is 9.75 Å². The van der Waals surface area contributed by atoms with Crippen LogP contribution in [0.25, 0.3) is 10.7 Å². The lowest BCUT2D eigenvalue weighted by Gasteiger charge is -2.07. The van der Waals surface area contributed by atoms with Crippen molar-refractivity contribution in [3.8, 4) is 10.7 Å². The fraction of sp³-hybridized carbons (Fsp3) is 0.217. The first-order valence-electron chi connectivity index (χ1n) is 10.3. The number of hydrogen-bond donors (Lipinski definition) is 2. The number of unbranched alkanes of at least 4 members (excludes halogenated alkanes) is 2. The smallest absolute Gasteiger partial charge is 0.265 e. The molecule has 0 aliphatic heterocycles. The van der Waals surface area contributed by atoms with Crippen LogP contribution in [0.5, 0.6) is 0 Å². The summed E-state index contributed by atoms with van der Waals surface area (Å²) in [6.07, 6.45) is 3.46. The van der Waals surface area contributed by atoms with Crippen molar-refractivity contribution in [3.63, 3.8) is 0 Å². The minimum absolute atomic E-state index is 0.126. The van der Waals surface area contributed by atoms with Crippen molar-refractivity contribution in [2.45, 2.75) is 25.7 Å². The molecule has 9 heteroatoms. The van der Waals surface area contributed by atoms with Gasteiger partial charge in [0.2, 0.25) is 11.7 Å². The van der Waals surface area contributed by atoms with Crippen molar-refractivity contribution >= 4 is 40.2 Å². The van der Waals surface area contributed by atoms with Gasteiger partial charge >= 0.3 is 0 Å². The van der Waals surface area contributed by atoms with Gasteiger partial charge < -0.3 is 15.2 Å². The zero-order valence-electron chi connectivity index (χ0n) is 17.2. The first kappa shape index (κ1) is 21.9. The summed E-state index contributed by atoms with van der Waals surface area (Å²) >= 11 is 2.97. The zero-order valence-corrected chi connectivity index (χ0v) is 18.9. The molecule has 0 aliphatic carbocycles. The quantitative estimate of drug-likeness (QED) is 0.311. The van der Waals surface area contributed by atoms with Crippen molar-refractivity contribution in [1.29, 1.82) is 0 Å². The van der Waals surface area contributed by atoms with Crippen LogP contribution in [0.4, 0.5) is 5.69 Å². The number of nitrogens with zero attached hydrogens (tertiary/aromatic N) is 2. The van der Waals surface area contributed by atoms with Gasteiger partial charge in [-0.3, -0.25) is 9.59 Å². The number of benzene rings is 1. The molecule has 32 heavy (non-hydrogen) atoms. The van der Waals surface area contributed by atoms with E-state index in [4.69, 9.17) is 4.52 Å². The molecule has 0 bridgehead atoms. The standard InChI is InChI=1S/C23H22N4O3S2/c28-22(16-9-11-17(12-10-16)25-23(29)19-7-5-15-32-19)24-13-3-1-2-8-20-26-21(27-30-20)18-6-4-14-31-18/h4-7,9-12,14-15H,1-3,8,13H2,(H,24,28)(H,25,29). The molecule has 0 unspecified atom stereocenters. The summed E-state index contributed by atoms with van der Waals surface area (Å²) in [7, 11) is 0. The highest BCUT2D eigenvalue weighted by Crippen LogP contribution is 2.21. The molecular weight excluding hydrogens is 444 g/mol. The van der Waals surface area contributed by atoms with E-state index in [1.165, 1.54) is 11.3 Å². The van der Waals surface area contributed by atoms with E-state index < -0.39 is 0 Å². The van der Waals surface area contributed by atoms with Crippen molar-refractivity contribution in [2.75, 3.05) is 11.9 Å². The Labute approximate surface area is 193 Å². The molecule has 7 nitrogen and oxygen atoms in total. The van der Waals surface area contributed by atoms with E-state index >= 15 is 0 Å². The predicted molar refractivity (Wildman–Crippen MR) is 126 cm³/mol. The fourth-order valence-corrected chi connectivity index (χ4v) is 4.32. The average Bonchev–Trinajstić information content (AvgIpc) is 3.58. The molecule has 0 radical (unpaired) electrons. The van der Waals surface area contributed by atoms with E-state index in [1.807, 2.05) is 29.0 Å². The van der Waals surface area contributed by atoms with E-state index in [1.54, 1.807) is 41.7 Å². The van der Waals surface area contributed by atoms with Crippen LogP contribution < -0.4 is 10.6 Å². The summed E-state index contributed by atoms with van der Waals surface area (Å²) in [6, 6.07) is 14.4. The number of hydrogen-bond acceptors (Lipinski definition) is 7. The first-order chi connectivity index (χ1) is 15.7. The summed E-state index contributed by atoms with van der Waals surface area (Å²) in [5.74, 6) is 1.00. The summed E-state index contributed by atoms with van der Waals surface area (Å²) in [4.78, 5) is 30.4. The fourth-order valence-electron chi connectivity index (χ4n) is 3.05. The van der Waals surface area contributed by atoms with E-state index in [9.17, 15) is 9.59 Å². The molecule has 1 aromatic carbocycles. The molecular formula is C23H22N4O3S2. The summed E-state index contributed by atoms with van der Waals surface area (Å²) in [5, 5.41) is 13.6. The molecule has 2 amide bonds. The van der Waals surface area contributed by atoms with Gasteiger partial charge in [0, 0.05) is 24.2 Å². The molecule has 0 atom stereocenters. The van der Waals surface area contributed by atoms with Crippen molar-refractivity contribution < 1.29 is 14.1 Å². The van der Waals surface area contributed by atoms with Crippen LogP contribution in [-0.2, 0) is 6.42 Å². The van der Waals surface area contributed by atoms with Gasteiger partial charge in [-0.1, -0.05) is 23.7 Å². The molecule has 164 valence electrons. The van der Waals surface area contributed by atoms with Gasteiger partial charge in [-0.2, -0.15) is 4.98 Å². The first-order valence-corrected chi connectivity index (χ1v) is 12.0. The number of nitrogens with one attached hydrogen (secondary N) is 2. The Hall–Kier alpha value is -3.30. The van der Waals surface area contributed by atoms with Gasteiger partial charge in [0.1, 0.15) is 0 Å². The van der Waals surface area contributed by atoms with E-state index in [-0.39, 0.29) is 11.8 Å². The second-order valence-electron chi connectivity index (χ2n) is 7.06. The van der Waals surface area contributed by atoms with Gasteiger partial charge in [0.25, 0.3) is 11.8 Å². The van der Waals surface area contributed by atoms with Gasteiger partial charge in [-0.15, -0.1) is 22.7 Å². The third-order valence-corrected chi connectivity index (χ3v) is 6.45. The molecule has 0 fully saturated rings. The monoisotopic (exact) mass is 466 g/mol. The second kappa shape index (κ2) is 10.8. The van der Waals surface area contributed by atoms with Crippen LogP contribution in [0.2, 0.25) is 0 Å². The van der Waals surface area contributed by atoms with Crippen molar-refractivity contribution in [2.24, 2.45) is 0 Å². The number of carbonyl (C=O) groups is 2. The van der Waals surface area contributed by atoms with Crippen LogP contribution >= 0.6 is 22.7 Å². The highest BCUT2D eigenvalue weighted by molar-refractivity contribution is 7.13. The zero-order chi connectivity index (χ0) is 22.2. The number of thiophene rings is 2. The summed E-state index contributed by atoms with van der Waals surface area (Å²) in [6.45, 7) is 0.597. The molecule has 4 aromatic rings. The number of carbonyl (C=O) groups excluding carboxylic acids is 2. The highest BCUT2D eigenvalue weighted by Gasteiger charge is 2.10. The van der Waals surface area contributed by atoms with Crippen LogP contribution in [-0.4, -0.2) is 28.5 Å². The van der Waals surface area contributed by atoms with Crippen molar-refractivity contribution in [3.05, 3.63) is 75.6 Å². The predicted octanol–water partition coefficient (Wildman–Crippen LogP) is 5.25. The van der Waals surface area contributed by atoms with E-state index in [2.05, 4.69) is 20.8 Å². The SMILES string of the molecule is O=C(NCCCCCc1nc(-c2cccs2)no1)c1ccc(NC(=O)c2cccs2)cc1. The van der Waals surface area contributed by atoms with Gasteiger partial charge in [-0.05, 0) is 60.0 Å². The highest BCUT2D eigenvalue weighted by atomic mass is 32.1. The minimum Gasteiger partial charge on any atom is -0.352 e. The maximum absolute atomic E-state index is 12.3. The molecule has 3 aromatic heterocycles. The Morgan fingerprint density at radius 3 is 2.47 bits per heavy atom. The number of aromatic nitrogens is 2. The maximum Gasteiger partial charge on any atom is 0.265 e. The summed E-state index contributed by atoms with van der Waals surface area (Å²) < 4.78 is 5.30. The van der Waals surface area contributed by atoms with Crippen LogP contribution in [0.3, 0.4) is 0 Å². The molecule has 0 saturated heterocycles. The van der Waals surface area contributed by atoms with Crippen LogP contribution in [0, 0.1) is 0 Å². The Balaban J connectivity index is 1.13. The second-order valence-corrected chi connectivity index (χ2v) is 8.96. The van der Waals surface area contributed by atoms with Gasteiger partial charge in [0.15, 0.2) is 0 Å². The topological polar surface area (TPSA) is 97.1 Å². The number of amides is 2. The van der Waals surface area contributed by atoms with Crippen LogP contribution in [0.15, 0.2) is 63.8 Å². The Morgan fingerprint density at radius 2 is 1.72 bits per heavy atom. The molecule has 4 rings (SSSR count). The number of aryl methyl sites for hydroxylation is 1. The average molecular weight is 467 g/mol. The van der Waals surface area contributed by atoms with Gasteiger partial charge in [-0.25, -0.2) is 0 Å². The molecule has 2 N–H and O–H groups in total. The lowest BCUT2D eigenvalue weighted by molar-refractivity contribution is 0.0952. The Morgan fingerprint density at radius 1 is 0.906 bits per heavy atom. The largest absolute Gasteiger partial charge is 0.352 e. The maximum atomic E-state index is 12.3. The number of rotatable bonds is 10. The normalized spacial score (nSPS) is 10.8. The molecule has 3 heterocycles. The summed E-state index contributed by atoms with van der Waals surface area (Å²) in [5.41, 5.74) is 1.22. The van der Waals surface area contributed by atoms with E-state index in [0.717, 1.165) is 30.6 Å². The third-order valence-electron chi connectivity index (χ3n) is 4.71. The molecule has 0 aliphatic rings. The van der Waals surface area contributed by atoms with Crippen molar-refractivity contribution in [1.82, 2.24) is 15.5 Å². The lowest BCUT2D eigenvalue weighted by Crippen LogP contribution is -2.24. The third kappa shape index (κ3) is 5.89. The Kier molecular flexibility index (Phi) is 7.42. The molecule has 0 saturated carbocycles. The number of anilines is 1.